The molecule has 0 atom stereocenters. The number of anilines is 1. The third-order valence-electron chi connectivity index (χ3n) is 4.28. The van der Waals surface area contributed by atoms with Crippen molar-refractivity contribution in [2.24, 2.45) is 0 Å². The zero-order chi connectivity index (χ0) is 21.7. The quantitative estimate of drug-likeness (QED) is 0.550. The van der Waals surface area contributed by atoms with Gasteiger partial charge in [0, 0.05) is 18.0 Å². The summed E-state index contributed by atoms with van der Waals surface area (Å²) >= 11 is 12.8. The number of hydrogen-bond acceptors (Lipinski definition) is 5. The van der Waals surface area contributed by atoms with Gasteiger partial charge in [-0.1, -0.05) is 35.3 Å². The molecule has 1 heterocycles. The molecular weight excluding hydrogens is 447 g/mol. The van der Waals surface area contributed by atoms with Gasteiger partial charge in [0.1, 0.15) is 5.75 Å². The first kappa shape index (κ1) is 22.2. The normalized spacial score (nSPS) is 15.0. The first-order chi connectivity index (χ1) is 14.4. The van der Waals surface area contributed by atoms with Gasteiger partial charge >= 0.3 is 0 Å². The number of amides is 3. The lowest BCUT2D eigenvalue weighted by molar-refractivity contribution is -0.123. The second-order valence-electron chi connectivity index (χ2n) is 6.38. The van der Waals surface area contributed by atoms with Gasteiger partial charge in [-0.25, -0.2) is 0 Å². The molecule has 1 fully saturated rings. The van der Waals surface area contributed by atoms with Crippen LogP contribution in [-0.4, -0.2) is 35.6 Å². The van der Waals surface area contributed by atoms with E-state index in [0.717, 1.165) is 22.2 Å². The molecule has 0 aliphatic carbocycles. The molecule has 0 bridgehead atoms. The first-order valence-corrected chi connectivity index (χ1v) is 10.6. The molecule has 156 valence electrons. The van der Waals surface area contributed by atoms with Gasteiger partial charge in [0.15, 0.2) is 0 Å². The Kier molecular flexibility index (Phi) is 7.42. The zero-order valence-corrected chi connectivity index (χ0v) is 18.3. The molecule has 1 aliphatic heterocycles. The van der Waals surface area contributed by atoms with Gasteiger partial charge in [0.05, 0.1) is 22.7 Å². The number of methoxy groups -OCH3 is 1. The summed E-state index contributed by atoms with van der Waals surface area (Å²) in [6.07, 6.45) is 2.14. The second kappa shape index (κ2) is 10.0. The van der Waals surface area contributed by atoms with Crippen molar-refractivity contribution >= 4 is 63.8 Å². The third kappa shape index (κ3) is 5.56. The van der Waals surface area contributed by atoms with Crippen molar-refractivity contribution in [2.45, 2.75) is 12.8 Å². The first-order valence-electron chi connectivity index (χ1n) is 9.01. The van der Waals surface area contributed by atoms with Crippen LogP contribution in [0.3, 0.4) is 0 Å². The number of rotatable bonds is 7. The van der Waals surface area contributed by atoms with Gasteiger partial charge < -0.3 is 10.1 Å². The van der Waals surface area contributed by atoms with Crippen molar-refractivity contribution in [3.63, 3.8) is 0 Å². The molecule has 6 nitrogen and oxygen atoms in total. The lowest BCUT2D eigenvalue weighted by atomic mass is 10.2. The van der Waals surface area contributed by atoms with Gasteiger partial charge in [-0.3, -0.25) is 19.3 Å². The molecule has 0 saturated carbocycles. The summed E-state index contributed by atoms with van der Waals surface area (Å²) in [6.45, 7) is 0.159. The van der Waals surface area contributed by atoms with Crippen molar-refractivity contribution in [1.82, 2.24) is 4.90 Å². The molecule has 0 spiro atoms. The monoisotopic (exact) mass is 464 g/mol. The van der Waals surface area contributed by atoms with E-state index in [2.05, 4.69) is 5.32 Å². The van der Waals surface area contributed by atoms with Crippen molar-refractivity contribution < 1.29 is 19.1 Å². The fraction of sp³-hybridized carbons (Fsp3) is 0.190. The molecule has 1 saturated heterocycles. The summed E-state index contributed by atoms with van der Waals surface area (Å²) in [4.78, 5) is 38.4. The maximum Gasteiger partial charge on any atom is 0.293 e. The highest BCUT2D eigenvalue weighted by atomic mass is 35.5. The lowest BCUT2D eigenvalue weighted by Gasteiger charge is -2.12. The predicted molar refractivity (Wildman–Crippen MR) is 120 cm³/mol. The van der Waals surface area contributed by atoms with E-state index in [-0.39, 0.29) is 30.0 Å². The Bertz CT molecular complexity index is 1010. The molecule has 0 aromatic heterocycles. The molecule has 0 radical (unpaired) electrons. The highest BCUT2D eigenvalue weighted by molar-refractivity contribution is 8.18. The van der Waals surface area contributed by atoms with E-state index < -0.39 is 0 Å². The summed E-state index contributed by atoms with van der Waals surface area (Å²) in [7, 11) is 1.57. The lowest BCUT2D eigenvalue weighted by Crippen LogP contribution is -2.29. The number of hydrogen-bond donors (Lipinski definition) is 1. The van der Waals surface area contributed by atoms with Gasteiger partial charge in [0.2, 0.25) is 5.91 Å². The summed E-state index contributed by atoms with van der Waals surface area (Å²) < 4.78 is 5.11. The van der Waals surface area contributed by atoms with E-state index in [9.17, 15) is 14.4 Å². The Balaban J connectivity index is 1.54. The van der Waals surface area contributed by atoms with Crippen molar-refractivity contribution in [3.8, 4) is 5.75 Å². The van der Waals surface area contributed by atoms with Crippen LogP contribution < -0.4 is 10.1 Å². The molecule has 2 aromatic rings. The summed E-state index contributed by atoms with van der Waals surface area (Å²) in [5.41, 5.74) is 1.25. The van der Waals surface area contributed by atoms with E-state index >= 15 is 0 Å². The van der Waals surface area contributed by atoms with Crippen LogP contribution in [0.15, 0.2) is 47.4 Å². The van der Waals surface area contributed by atoms with Gasteiger partial charge in [-0.2, -0.15) is 0 Å². The van der Waals surface area contributed by atoms with Crippen LogP contribution in [0.4, 0.5) is 10.5 Å². The Labute approximate surface area is 188 Å². The molecule has 30 heavy (non-hydrogen) atoms. The Morgan fingerprint density at radius 1 is 1.17 bits per heavy atom. The van der Waals surface area contributed by atoms with E-state index in [1.165, 1.54) is 6.07 Å². The summed E-state index contributed by atoms with van der Waals surface area (Å²) in [5, 5.41) is 3.16. The van der Waals surface area contributed by atoms with E-state index in [0.29, 0.717) is 32.8 Å². The van der Waals surface area contributed by atoms with Crippen molar-refractivity contribution in [3.05, 3.63) is 63.0 Å². The maximum atomic E-state index is 12.5. The topological polar surface area (TPSA) is 75.7 Å². The van der Waals surface area contributed by atoms with Crippen LogP contribution in [0.25, 0.3) is 6.08 Å². The zero-order valence-electron chi connectivity index (χ0n) is 16.0. The number of nitrogens with one attached hydrogen (secondary N) is 1. The SMILES string of the molecule is COc1ccc(/C=C2/SC(=O)N(CCCC(=O)Nc3ccc(Cl)cc3Cl)C2=O)cc1. The largest absolute Gasteiger partial charge is 0.497 e. The van der Waals surface area contributed by atoms with E-state index in [1.807, 2.05) is 0 Å². The van der Waals surface area contributed by atoms with Crippen molar-refractivity contribution in [2.75, 3.05) is 19.0 Å². The average Bonchev–Trinajstić information content (AvgIpc) is 2.98. The number of carbonyl (C=O) groups excluding carboxylic acids is 3. The molecular formula is C21H18Cl2N2O4S. The average molecular weight is 465 g/mol. The highest BCUT2D eigenvalue weighted by Gasteiger charge is 2.34. The van der Waals surface area contributed by atoms with Crippen LogP contribution in [0, 0.1) is 0 Å². The Morgan fingerprint density at radius 2 is 1.90 bits per heavy atom. The minimum absolute atomic E-state index is 0.137. The number of nitrogens with zero attached hydrogens (tertiary/aromatic N) is 1. The Morgan fingerprint density at radius 3 is 2.57 bits per heavy atom. The molecule has 0 unspecified atom stereocenters. The molecule has 3 rings (SSSR count). The van der Waals surface area contributed by atoms with E-state index in [1.54, 1.807) is 49.6 Å². The molecule has 2 aromatic carbocycles. The fourth-order valence-electron chi connectivity index (χ4n) is 2.75. The minimum Gasteiger partial charge on any atom is -0.497 e. The van der Waals surface area contributed by atoms with Crippen LogP contribution in [-0.2, 0) is 9.59 Å². The maximum absolute atomic E-state index is 12.5. The number of benzene rings is 2. The van der Waals surface area contributed by atoms with Crippen LogP contribution in [0.2, 0.25) is 10.0 Å². The fourth-order valence-corrected chi connectivity index (χ4v) is 4.07. The highest BCUT2D eigenvalue weighted by Crippen LogP contribution is 2.32. The molecule has 9 heteroatoms. The van der Waals surface area contributed by atoms with Crippen LogP contribution in [0.1, 0.15) is 18.4 Å². The van der Waals surface area contributed by atoms with Crippen molar-refractivity contribution in [1.29, 1.82) is 0 Å². The molecule has 3 amide bonds. The number of carbonyl (C=O) groups is 3. The van der Waals surface area contributed by atoms with Gasteiger partial charge in [-0.05, 0) is 60.2 Å². The van der Waals surface area contributed by atoms with Crippen LogP contribution in [0.5, 0.6) is 5.75 Å². The van der Waals surface area contributed by atoms with Gasteiger partial charge in [0.25, 0.3) is 11.1 Å². The third-order valence-corrected chi connectivity index (χ3v) is 5.73. The summed E-state index contributed by atoms with van der Waals surface area (Å²) in [6, 6.07) is 11.9. The standard InChI is InChI=1S/C21H18Cl2N2O4S/c1-29-15-7-4-13(5-8-15)11-18-20(27)25(21(28)30-18)10-2-3-19(26)24-17-9-6-14(22)12-16(17)23/h4-9,11-12H,2-3,10H2,1H3,(H,24,26)/b18-11+. The number of thioether (sulfide) groups is 1. The predicted octanol–water partition coefficient (Wildman–Crippen LogP) is 5.46. The smallest absolute Gasteiger partial charge is 0.293 e. The Hall–Kier alpha value is -2.48. The summed E-state index contributed by atoms with van der Waals surface area (Å²) in [5.74, 6) is 0.0837. The minimum atomic E-state index is -0.359. The second-order valence-corrected chi connectivity index (χ2v) is 8.22. The number of imide groups is 1. The van der Waals surface area contributed by atoms with E-state index in [4.69, 9.17) is 27.9 Å². The van der Waals surface area contributed by atoms with Crippen LogP contribution >= 0.6 is 35.0 Å². The molecule has 1 N–H and O–H groups in total. The number of halogens is 2. The number of ether oxygens (including phenoxy) is 1. The molecule has 1 aliphatic rings. The van der Waals surface area contributed by atoms with Gasteiger partial charge in [-0.15, -0.1) is 0 Å².